The number of benzene rings is 3. The number of hydrogen-bond donors (Lipinski definition) is 2. The Morgan fingerprint density at radius 1 is 1.09 bits per heavy atom. The van der Waals surface area contributed by atoms with Gasteiger partial charge in [-0.15, -0.1) is 0 Å². The van der Waals surface area contributed by atoms with Crippen molar-refractivity contribution < 1.29 is 12.4 Å². The Kier molecular flexibility index (Phi) is 6.75. The van der Waals surface area contributed by atoms with Gasteiger partial charge in [-0.2, -0.15) is 0 Å². The van der Waals surface area contributed by atoms with E-state index in [1.165, 1.54) is 0 Å². The summed E-state index contributed by atoms with van der Waals surface area (Å²) >= 11 is 0. The lowest BCUT2D eigenvalue weighted by Crippen LogP contribution is -2.32. The van der Waals surface area contributed by atoms with Crippen molar-refractivity contribution in [1.82, 2.24) is 4.98 Å². The van der Waals surface area contributed by atoms with Crippen LogP contribution in [0.15, 0.2) is 72.9 Å². The van der Waals surface area contributed by atoms with E-state index >= 15 is 0 Å². The first-order valence-electron chi connectivity index (χ1n) is 12.7. The normalized spacial score (nSPS) is 15.4. The van der Waals surface area contributed by atoms with Crippen LogP contribution in [0.4, 0.5) is 11.4 Å². The predicted octanol–water partition coefficient (Wildman–Crippen LogP) is 7.75. The van der Waals surface area contributed by atoms with E-state index in [1.54, 1.807) is 0 Å². The number of nitrogens with one attached hydrogen (secondary N) is 2. The lowest BCUT2D eigenvalue weighted by Gasteiger charge is -2.23. The van der Waals surface area contributed by atoms with Crippen molar-refractivity contribution in [3.05, 3.63) is 78.5 Å². The second-order valence-electron chi connectivity index (χ2n) is 9.35. The number of carbonyl (C=O) groups is 1. The smallest absolute Gasteiger partial charge is 0.258 e. The molecule has 5 rings (SSSR count). The summed E-state index contributed by atoms with van der Waals surface area (Å²) in [5.41, 5.74) is 5.76. The summed E-state index contributed by atoms with van der Waals surface area (Å²) in [6, 6.07) is 22.7. The molecule has 2 heterocycles. The fourth-order valence-electron chi connectivity index (χ4n) is 4.75. The number of fused-ring (bicyclic) bond motifs is 2. The molecule has 0 unspecified atom stereocenters. The molecule has 184 valence electrons. The maximum Gasteiger partial charge on any atom is 0.258 e. The second kappa shape index (κ2) is 10.3. The van der Waals surface area contributed by atoms with Crippen LogP contribution in [-0.4, -0.2) is 30.1 Å². The number of H-pyrrole nitrogens is 1. The SMILES string of the molecule is CCCCCOc1cc(C(=O)N2CC[C@H](C)Nc3ccccc32)ccc1-c1ccc2[nH]ccc2c1.[HH].[HH]. The lowest BCUT2D eigenvalue weighted by molar-refractivity contribution is 0.0986. The molecule has 1 aromatic heterocycles. The first-order valence-corrected chi connectivity index (χ1v) is 12.7. The highest BCUT2D eigenvalue weighted by molar-refractivity contribution is 6.08. The molecule has 1 aliphatic rings. The quantitative estimate of drug-likeness (QED) is 0.271. The van der Waals surface area contributed by atoms with Gasteiger partial charge >= 0.3 is 0 Å². The topological polar surface area (TPSA) is 57.4 Å². The predicted molar refractivity (Wildman–Crippen MR) is 149 cm³/mol. The van der Waals surface area contributed by atoms with Crippen molar-refractivity contribution in [3.63, 3.8) is 0 Å². The van der Waals surface area contributed by atoms with Gasteiger partial charge in [0.15, 0.2) is 0 Å². The number of rotatable bonds is 7. The highest BCUT2D eigenvalue weighted by atomic mass is 16.5. The van der Waals surface area contributed by atoms with Crippen LogP contribution in [-0.2, 0) is 0 Å². The number of unbranched alkanes of at least 4 members (excludes halogenated alkanes) is 2. The third-order valence-electron chi connectivity index (χ3n) is 6.73. The molecule has 0 spiro atoms. The summed E-state index contributed by atoms with van der Waals surface area (Å²) < 4.78 is 6.29. The minimum atomic E-state index is -0.000560. The Balaban J connectivity index is 0.00000190. The van der Waals surface area contributed by atoms with Crippen molar-refractivity contribution in [2.24, 2.45) is 0 Å². The van der Waals surface area contributed by atoms with Crippen LogP contribution in [0.25, 0.3) is 22.0 Å². The van der Waals surface area contributed by atoms with Gasteiger partial charge in [-0.05, 0) is 79.2 Å². The van der Waals surface area contributed by atoms with Gasteiger partial charge in [-0.25, -0.2) is 0 Å². The minimum absolute atomic E-state index is 0. The molecular formula is C30H37N3O2. The van der Waals surface area contributed by atoms with Crippen molar-refractivity contribution in [2.45, 2.75) is 45.6 Å². The molecule has 2 N–H and O–H groups in total. The molecule has 1 amide bonds. The van der Waals surface area contributed by atoms with Crippen LogP contribution in [0.3, 0.4) is 0 Å². The van der Waals surface area contributed by atoms with Crippen molar-refractivity contribution in [3.8, 4) is 16.9 Å². The number of aromatic nitrogens is 1. The average molecular weight is 472 g/mol. The van der Waals surface area contributed by atoms with Gasteiger partial charge in [0, 0.05) is 38.3 Å². The third-order valence-corrected chi connectivity index (χ3v) is 6.73. The van der Waals surface area contributed by atoms with Crippen LogP contribution < -0.4 is 15.0 Å². The zero-order chi connectivity index (χ0) is 24.2. The summed E-state index contributed by atoms with van der Waals surface area (Å²) in [5, 5.41) is 4.69. The van der Waals surface area contributed by atoms with Crippen molar-refractivity contribution >= 4 is 28.2 Å². The van der Waals surface area contributed by atoms with E-state index in [0.29, 0.717) is 24.8 Å². The molecule has 1 atom stereocenters. The van der Waals surface area contributed by atoms with Crippen LogP contribution in [0, 0.1) is 0 Å². The van der Waals surface area contributed by atoms with Crippen LogP contribution in [0.2, 0.25) is 0 Å². The highest BCUT2D eigenvalue weighted by Gasteiger charge is 2.25. The second-order valence-corrected chi connectivity index (χ2v) is 9.35. The molecule has 0 fully saturated rings. The number of anilines is 2. The van der Waals surface area contributed by atoms with Crippen LogP contribution in [0.1, 0.15) is 52.7 Å². The van der Waals surface area contributed by atoms with E-state index in [9.17, 15) is 4.79 Å². The zero-order valence-electron chi connectivity index (χ0n) is 20.5. The molecule has 0 bridgehead atoms. The zero-order valence-corrected chi connectivity index (χ0v) is 20.5. The van der Waals surface area contributed by atoms with E-state index in [2.05, 4.69) is 48.4 Å². The van der Waals surface area contributed by atoms with E-state index in [4.69, 9.17) is 4.74 Å². The molecule has 5 heteroatoms. The van der Waals surface area contributed by atoms with Crippen molar-refractivity contribution in [2.75, 3.05) is 23.4 Å². The van der Waals surface area contributed by atoms with Gasteiger partial charge in [0.1, 0.15) is 5.75 Å². The Hall–Kier alpha value is -3.73. The Morgan fingerprint density at radius 2 is 1.97 bits per heavy atom. The first kappa shape index (κ1) is 23.0. The van der Waals surface area contributed by atoms with Crippen molar-refractivity contribution in [1.29, 1.82) is 0 Å². The van der Waals surface area contributed by atoms with E-state index in [-0.39, 0.29) is 8.76 Å². The lowest BCUT2D eigenvalue weighted by atomic mass is 10.0. The summed E-state index contributed by atoms with van der Waals surface area (Å²) in [6.07, 6.45) is 6.09. The summed E-state index contributed by atoms with van der Waals surface area (Å²) in [4.78, 5) is 18.9. The maximum absolute atomic E-state index is 13.8. The Bertz CT molecular complexity index is 1340. The van der Waals surface area contributed by atoms with E-state index < -0.39 is 0 Å². The highest BCUT2D eigenvalue weighted by Crippen LogP contribution is 2.35. The Morgan fingerprint density at radius 3 is 2.86 bits per heavy atom. The number of para-hydroxylation sites is 2. The maximum atomic E-state index is 13.8. The number of nitrogens with zero attached hydrogens (tertiary/aromatic N) is 1. The number of ether oxygens (including phenoxy) is 1. The molecule has 0 radical (unpaired) electrons. The summed E-state index contributed by atoms with van der Waals surface area (Å²) in [6.45, 7) is 5.65. The molecule has 0 saturated carbocycles. The average Bonchev–Trinajstić information content (AvgIpc) is 3.28. The number of carbonyl (C=O) groups excluding carboxylic acids is 1. The fraction of sp³-hybridized carbons (Fsp3) is 0.300. The van der Waals surface area contributed by atoms with Gasteiger partial charge in [-0.3, -0.25) is 4.79 Å². The molecule has 0 aliphatic carbocycles. The molecular weight excluding hydrogens is 434 g/mol. The fourth-order valence-corrected chi connectivity index (χ4v) is 4.75. The van der Waals surface area contributed by atoms with Gasteiger partial charge in [-0.1, -0.05) is 38.0 Å². The number of amides is 1. The minimum Gasteiger partial charge on any atom is -0.493 e. The Labute approximate surface area is 210 Å². The molecule has 3 aromatic carbocycles. The monoisotopic (exact) mass is 471 g/mol. The summed E-state index contributed by atoms with van der Waals surface area (Å²) in [5.74, 6) is 0.760. The van der Waals surface area contributed by atoms with Gasteiger partial charge < -0.3 is 19.9 Å². The molecule has 0 saturated heterocycles. The molecule has 1 aliphatic heterocycles. The van der Waals surface area contributed by atoms with E-state index in [0.717, 1.165) is 64.8 Å². The first-order chi connectivity index (χ1) is 17.1. The molecule has 4 aromatic rings. The van der Waals surface area contributed by atoms with Gasteiger partial charge in [0.2, 0.25) is 0 Å². The number of aromatic amines is 1. The molecule has 5 nitrogen and oxygen atoms in total. The largest absolute Gasteiger partial charge is 0.493 e. The number of hydrogen-bond acceptors (Lipinski definition) is 3. The van der Waals surface area contributed by atoms with Crippen LogP contribution in [0.5, 0.6) is 5.75 Å². The van der Waals surface area contributed by atoms with Gasteiger partial charge in [0.25, 0.3) is 5.91 Å². The standard InChI is InChI=1S/C30H33N3O2.2H2/c1-3-4-7-18-35-29-20-24(10-12-25(29)22-11-13-26-23(19-22)14-16-31-26)30(34)33-17-15-21(2)32-27-8-5-6-9-28(27)33;;/h5-6,8-14,16,19-21,31-32H,3-4,7,15,17-18H2,1-2H3;2*1H/t21-;;/m0../s1. The van der Waals surface area contributed by atoms with Crippen LogP contribution >= 0.6 is 0 Å². The molecule has 35 heavy (non-hydrogen) atoms. The van der Waals surface area contributed by atoms with Gasteiger partial charge in [0.05, 0.1) is 18.0 Å². The van der Waals surface area contributed by atoms with E-state index in [1.807, 2.05) is 53.6 Å². The third kappa shape index (κ3) is 4.90. The summed E-state index contributed by atoms with van der Waals surface area (Å²) in [7, 11) is 0.